The maximum atomic E-state index is 11.0. The first-order valence-electron chi connectivity index (χ1n) is 3.43. The van der Waals surface area contributed by atoms with Crippen LogP contribution in [0.3, 0.4) is 0 Å². The van der Waals surface area contributed by atoms with E-state index >= 15 is 0 Å². The topological polar surface area (TPSA) is 86.2 Å². The van der Waals surface area contributed by atoms with Crippen LogP contribution in [0.15, 0.2) is 23.1 Å². The molecule has 0 saturated carbocycles. The summed E-state index contributed by atoms with van der Waals surface area (Å²) < 4.78 is 22.0. The van der Waals surface area contributed by atoms with Crippen molar-refractivity contribution in [2.45, 2.75) is 10.8 Å². The van der Waals surface area contributed by atoms with Gasteiger partial charge in [-0.1, -0.05) is 12.1 Å². The zero-order chi connectivity index (χ0) is 10.1. The molecule has 72 valence electrons. The Hall–Kier alpha value is -0.780. The molecule has 0 aliphatic rings. The van der Waals surface area contributed by atoms with E-state index in [0.717, 1.165) is 0 Å². The third kappa shape index (κ3) is 2.12. The van der Waals surface area contributed by atoms with E-state index < -0.39 is 10.0 Å². The monoisotopic (exact) mass is 220 g/mol. The largest absolute Gasteiger partial charge is 0.397 e. The van der Waals surface area contributed by atoms with Crippen molar-refractivity contribution in [1.29, 1.82) is 0 Å². The summed E-state index contributed by atoms with van der Waals surface area (Å²) in [4.78, 5) is -0.0781. The number of hydrogen-bond acceptors (Lipinski definition) is 3. The number of sulfonamides is 1. The summed E-state index contributed by atoms with van der Waals surface area (Å²) in [6.07, 6.45) is 0. The molecule has 1 aromatic rings. The Morgan fingerprint density at radius 2 is 2.00 bits per heavy atom. The molecule has 0 fully saturated rings. The standard InChI is InChI=1S/C7H9ClN2O2S/c8-4-5-2-1-3-6(7(5)9)13(10,11)12/h1-3H,4,9H2,(H2,10,11,12). The molecule has 13 heavy (non-hydrogen) atoms. The van der Waals surface area contributed by atoms with Gasteiger partial charge in [0.2, 0.25) is 10.0 Å². The molecule has 1 rings (SSSR count). The Labute approximate surface area is 81.5 Å². The molecule has 4 N–H and O–H groups in total. The van der Waals surface area contributed by atoms with Crippen molar-refractivity contribution in [1.82, 2.24) is 0 Å². The van der Waals surface area contributed by atoms with Gasteiger partial charge in [-0.15, -0.1) is 11.6 Å². The number of nitrogen functional groups attached to an aromatic ring is 1. The first kappa shape index (κ1) is 10.3. The number of primary sulfonamides is 1. The lowest BCUT2D eigenvalue weighted by Crippen LogP contribution is -2.15. The van der Waals surface area contributed by atoms with Crippen molar-refractivity contribution in [3.8, 4) is 0 Å². The lowest BCUT2D eigenvalue weighted by molar-refractivity contribution is 0.598. The van der Waals surface area contributed by atoms with Crippen molar-refractivity contribution in [2.24, 2.45) is 5.14 Å². The smallest absolute Gasteiger partial charge is 0.240 e. The highest BCUT2D eigenvalue weighted by Gasteiger charge is 2.13. The third-order valence-corrected chi connectivity index (χ3v) is 2.86. The molecule has 0 aliphatic carbocycles. The van der Waals surface area contributed by atoms with Crippen LogP contribution >= 0.6 is 11.6 Å². The highest BCUT2D eigenvalue weighted by atomic mass is 35.5. The number of anilines is 1. The molecule has 0 radical (unpaired) electrons. The van der Waals surface area contributed by atoms with Gasteiger partial charge in [0.05, 0.1) is 5.69 Å². The van der Waals surface area contributed by atoms with Gasteiger partial charge in [-0.05, 0) is 11.6 Å². The molecular weight excluding hydrogens is 212 g/mol. The highest BCUT2D eigenvalue weighted by molar-refractivity contribution is 7.89. The fourth-order valence-electron chi connectivity index (χ4n) is 0.954. The molecule has 0 saturated heterocycles. The fourth-order valence-corrected chi connectivity index (χ4v) is 1.89. The van der Waals surface area contributed by atoms with E-state index in [-0.39, 0.29) is 16.5 Å². The SMILES string of the molecule is Nc1c(CCl)cccc1S(N)(=O)=O. The Balaban J connectivity index is 3.41. The van der Waals surface area contributed by atoms with Gasteiger partial charge >= 0.3 is 0 Å². The Bertz CT molecular complexity index is 417. The number of hydrogen-bond donors (Lipinski definition) is 2. The second-order valence-electron chi connectivity index (χ2n) is 2.51. The normalized spacial score (nSPS) is 11.5. The number of para-hydroxylation sites is 1. The Morgan fingerprint density at radius 1 is 1.38 bits per heavy atom. The van der Waals surface area contributed by atoms with Crippen LogP contribution in [-0.2, 0) is 15.9 Å². The minimum atomic E-state index is -3.75. The van der Waals surface area contributed by atoms with Crippen LogP contribution in [-0.4, -0.2) is 8.42 Å². The van der Waals surface area contributed by atoms with Gasteiger partial charge in [0.25, 0.3) is 0 Å². The Morgan fingerprint density at radius 3 is 2.46 bits per heavy atom. The average molecular weight is 221 g/mol. The average Bonchev–Trinajstić information content (AvgIpc) is 2.02. The van der Waals surface area contributed by atoms with Crippen molar-refractivity contribution in [3.63, 3.8) is 0 Å². The van der Waals surface area contributed by atoms with Crippen LogP contribution in [0.25, 0.3) is 0 Å². The first-order chi connectivity index (χ1) is 5.96. The Kier molecular flexibility index (Phi) is 2.80. The van der Waals surface area contributed by atoms with E-state index in [1.165, 1.54) is 6.07 Å². The highest BCUT2D eigenvalue weighted by Crippen LogP contribution is 2.22. The van der Waals surface area contributed by atoms with Gasteiger partial charge < -0.3 is 5.73 Å². The molecule has 0 bridgehead atoms. The van der Waals surface area contributed by atoms with Crippen LogP contribution in [0.2, 0.25) is 0 Å². The molecule has 0 heterocycles. The molecule has 1 aromatic carbocycles. The summed E-state index contributed by atoms with van der Waals surface area (Å²) in [5.41, 5.74) is 6.22. The van der Waals surface area contributed by atoms with Crippen LogP contribution in [0, 0.1) is 0 Å². The van der Waals surface area contributed by atoms with E-state index in [0.29, 0.717) is 5.56 Å². The second-order valence-corrected chi connectivity index (χ2v) is 4.30. The van der Waals surface area contributed by atoms with Crippen LogP contribution < -0.4 is 10.9 Å². The molecule has 0 aliphatic heterocycles. The summed E-state index contributed by atoms with van der Waals surface area (Å²) in [5, 5.41) is 4.93. The molecule has 0 unspecified atom stereocenters. The number of alkyl halides is 1. The minimum Gasteiger partial charge on any atom is -0.397 e. The van der Waals surface area contributed by atoms with E-state index in [2.05, 4.69) is 0 Å². The van der Waals surface area contributed by atoms with Crippen molar-refractivity contribution in [3.05, 3.63) is 23.8 Å². The van der Waals surface area contributed by atoms with Crippen molar-refractivity contribution < 1.29 is 8.42 Å². The third-order valence-electron chi connectivity index (χ3n) is 1.61. The lowest BCUT2D eigenvalue weighted by Gasteiger charge is -2.06. The zero-order valence-corrected chi connectivity index (χ0v) is 8.27. The predicted molar refractivity (Wildman–Crippen MR) is 51.8 cm³/mol. The fraction of sp³-hybridized carbons (Fsp3) is 0.143. The first-order valence-corrected chi connectivity index (χ1v) is 5.51. The van der Waals surface area contributed by atoms with Crippen molar-refractivity contribution >= 4 is 27.3 Å². The van der Waals surface area contributed by atoms with Gasteiger partial charge in [0.15, 0.2) is 0 Å². The van der Waals surface area contributed by atoms with E-state index in [9.17, 15) is 8.42 Å². The van der Waals surface area contributed by atoms with Crippen molar-refractivity contribution in [2.75, 3.05) is 5.73 Å². The summed E-state index contributed by atoms with van der Waals surface area (Å²) in [6.45, 7) is 0. The molecule has 0 spiro atoms. The van der Waals surface area contributed by atoms with E-state index in [4.69, 9.17) is 22.5 Å². The van der Waals surface area contributed by atoms with Gasteiger partial charge in [0, 0.05) is 5.88 Å². The van der Waals surface area contributed by atoms with Crippen LogP contribution in [0.4, 0.5) is 5.69 Å². The van der Waals surface area contributed by atoms with Gasteiger partial charge in [0.1, 0.15) is 4.90 Å². The summed E-state index contributed by atoms with van der Waals surface area (Å²) in [5.74, 6) is 0.162. The molecule has 6 heteroatoms. The van der Waals surface area contributed by atoms with Crippen LogP contribution in [0.1, 0.15) is 5.56 Å². The van der Waals surface area contributed by atoms with Gasteiger partial charge in [-0.2, -0.15) is 0 Å². The molecule has 0 aromatic heterocycles. The lowest BCUT2D eigenvalue weighted by atomic mass is 10.2. The molecular formula is C7H9ClN2O2S. The second kappa shape index (κ2) is 3.53. The number of rotatable bonds is 2. The maximum absolute atomic E-state index is 11.0. The molecule has 4 nitrogen and oxygen atoms in total. The van der Waals surface area contributed by atoms with Crippen LogP contribution in [0.5, 0.6) is 0 Å². The quantitative estimate of drug-likeness (QED) is 0.567. The minimum absolute atomic E-state index is 0.0781. The van der Waals surface area contributed by atoms with Gasteiger partial charge in [-0.3, -0.25) is 0 Å². The summed E-state index contributed by atoms with van der Waals surface area (Å²) in [6, 6.07) is 4.55. The predicted octanol–water partition coefficient (Wildman–Crippen LogP) is 0.655. The summed E-state index contributed by atoms with van der Waals surface area (Å²) >= 11 is 5.54. The van der Waals surface area contributed by atoms with E-state index in [1.54, 1.807) is 12.1 Å². The summed E-state index contributed by atoms with van der Waals surface area (Å²) in [7, 11) is -3.75. The molecule has 0 atom stereocenters. The number of nitrogens with two attached hydrogens (primary N) is 2. The van der Waals surface area contributed by atoms with Gasteiger partial charge in [-0.25, -0.2) is 13.6 Å². The number of halogens is 1. The maximum Gasteiger partial charge on any atom is 0.240 e. The molecule has 0 amide bonds. The van der Waals surface area contributed by atoms with E-state index in [1.807, 2.05) is 0 Å². The zero-order valence-electron chi connectivity index (χ0n) is 6.70. The number of benzene rings is 1.